The Kier molecular flexibility index (Phi) is 5.72. The van der Waals surface area contributed by atoms with E-state index in [-0.39, 0.29) is 22.8 Å². The van der Waals surface area contributed by atoms with Crippen molar-refractivity contribution in [1.29, 1.82) is 0 Å². The Balaban J connectivity index is 2.68. The second-order valence-electron chi connectivity index (χ2n) is 7.18. The summed E-state index contributed by atoms with van der Waals surface area (Å²) in [5.41, 5.74) is -2.47. The molecular formula is C18H19F5N2O3. The molecule has 1 N–H and O–H groups in total. The van der Waals surface area contributed by atoms with Crippen molar-refractivity contribution >= 4 is 5.97 Å². The van der Waals surface area contributed by atoms with Crippen LogP contribution >= 0.6 is 0 Å². The number of nitrogens with zero attached hydrogens (tertiary/aromatic N) is 2. The standard InChI is InChI=1S/C18H19F5N2O3/c1-9-13(14(26)27)24-15(17(2,3)4)25(9)8-10-6-5-7-11(28-16(19)20)12(10)18(21,22)23/h5-7,16H,8H2,1-4H3,(H,26,27). The number of carboxylic acid groups (broad SMARTS) is 1. The molecule has 0 fully saturated rings. The fraction of sp³-hybridized carbons (Fsp3) is 0.444. The Bertz CT molecular complexity index is 883. The molecule has 0 radical (unpaired) electrons. The second-order valence-corrected chi connectivity index (χ2v) is 7.18. The Labute approximate surface area is 157 Å². The van der Waals surface area contributed by atoms with Crippen LogP contribution in [0.5, 0.6) is 5.75 Å². The molecule has 0 aliphatic heterocycles. The molecule has 1 heterocycles. The fourth-order valence-electron chi connectivity index (χ4n) is 2.90. The van der Waals surface area contributed by atoms with Crippen molar-refractivity contribution < 1.29 is 36.6 Å². The van der Waals surface area contributed by atoms with Gasteiger partial charge in [0.15, 0.2) is 5.69 Å². The smallest absolute Gasteiger partial charge is 0.420 e. The van der Waals surface area contributed by atoms with Crippen molar-refractivity contribution in [3.63, 3.8) is 0 Å². The van der Waals surface area contributed by atoms with Gasteiger partial charge in [-0.2, -0.15) is 22.0 Å². The van der Waals surface area contributed by atoms with Gasteiger partial charge in [0.05, 0.1) is 0 Å². The van der Waals surface area contributed by atoms with Gasteiger partial charge in [-0.15, -0.1) is 0 Å². The lowest BCUT2D eigenvalue weighted by Crippen LogP contribution is -2.22. The summed E-state index contributed by atoms with van der Waals surface area (Å²) in [6.45, 7) is 2.80. The molecule has 1 aromatic carbocycles. The SMILES string of the molecule is Cc1c(C(=O)O)nc(C(C)(C)C)n1Cc1cccc(OC(F)F)c1C(F)(F)F. The highest BCUT2D eigenvalue weighted by Crippen LogP contribution is 2.40. The average molecular weight is 406 g/mol. The molecule has 5 nitrogen and oxygen atoms in total. The maximum Gasteiger partial charge on any atom is 0.420 e. The van der Waals surface area contributed by atoms with Crippen molar-refractivity contribution in [3.8, 4) is 5.75 Å². The number of carbonyl (C=O) groups is 1. The largest absolute Gasteiger partial charge is 0.476 e. The summed E-state index contributed by atoms with van der Waals surface area (Å²) in [6.07, 6.45) is -4.95. The van der Waals surface area contributed by atoms with Crippen LogP contribution in [0.15, 0.2) is 18.2 Å². The van der Waals surface area contributed by atoms with Gasteiger partial charge < -0.3 is 14.4 Å². The first-order valence-corrected chi connectivity index (χ1v) is 8.18. The van der Waals surface area contributed by atoms with Gasteiger partial charge >= 0.3 is 18.8 Å². The van der Waals surface area contributed by atoms with Crippen LogP contribution in [0.3, 0.4) is 0 Å². The minimum atomic E-state index is -4.95. The number of rotatable bonds is 5. The van der Waals surface area contributed by atoms with Crippen molar-refractivity contribution in [2.24, 2.45) is 0 Å². The summed E-state index contributed by atoms with van der Waals surface area (Å²) in [5, 5.41) is 9.30. The van der Waals surface area contributed by atoms with Crippen LogP contribution in [-0.4, -0.2) is 27.2 Å². The molecule has 0 aliphatic carbocycles. The predicted molar refractivity (Wildman–Crippen MR) is 89.8 cm³/mol. The summed E-state index contributed by atoms with van der Waals surface area (Å²) in [7, 11) is 0. The number of ether oxygens (including phenoxy) is 1. The lowest BCUT2D eigenvalue weighted by molar-refractivity contribution is -0.142. The van der Waals surface area contributed by atoms with Gasteiger partial charge in [-0.3, -0.25) is 0 Å². The van der Waals surface area contributed by atoms with Gasteiger partial charge in [-0.1, -0.05) is 32.9 Å². The van der Waals surface area contributed by atoms with Crippen molar-refractivity contribution in [3.05, 3.63) is 46.5 Å². The van der Waals surface area contributed by atoms with Gasteiger partial charge in [0.25, 0.3) is 0 Å². The van der Waals surface area contributed by atoms with E-state index in [2.05, 4.69) is 9.72 Å². The van der Waals surface area contributed by atoms with Gasteiger partial charge in [0.2, 0.25) is 0 Å². The lowest BCUT2D eigenvalue weighted by atomic mass is 9.95. The summed E-state index contributed by atoms with van der Waals surface area (Å²) in [6, 6.07) is 3.11. The number of carboxylic acids is 1. The Morgan fingerprint density at radius 2 is 1.86 bits per heavy atom. The Hall–Kier alpha value is -2.65. The van der Waals surface area contributed by atoms with E-state index in [9.17, 15) is 31.9 Å². The first-order valence-electron chi connectivity index (χ1n) is 8.18. The number of alkyl halides is 5. The van der Waals surface area contributed by atoms with Gasteiger partial charge in [0, 0.05) is 17.7 Å². The minimum absolute atomic E-state index is 0.158. The molecule has 2 rings (SSSR count). The van der Waals surface area contributed by atoms with Crippen LogP contribution in [-0.2, 0) is 18.1 Å². The van der Waals surface area contributed by atoms with Crippen LogP contribution in [0.25, 0.3) is 0 Å². The number of imidazole rings is 1. The van der Waals surface area contributed by atoms with Gasteiger partial charge in [-0.25, -0.2) is 9.78 Å². The number of aromatic nitrogens is 2. The fourth-order valence-corrected chi connectivity index (χ4v) is 2.90. The lowest BCUT2D eigenvalue weighted by Gasteiger charge is -2.23. The molecule has 0 saturated heterocycles. The Morgan fingerprint density at radius 1 is 1.25 bits per heavy atom. The van der Waals surface area contributed by atoms with Crippen molar-refractivity contribution in [2.45, 2.75) is 52.4 Å². The van der Waals surface area contributed by atoms with Crippen LogP contribution in [0.2, 0.25) is 0 Å². The third kappa shape index (κ3) is 4.42. The first-order chi connectivity index (χ1) is 12.7. The van der Waals surface area contributed by atoms with Crippen LogP contribution in [0, 0.1) is 6.92 Å². The summed E-state index contributed by atoms with van der Waals surface area (Å²) >= 11 is 0. The highest BCUT2D eigenvalue weighted by atomic mass is 19.4. The minimum Gasteiger partial charge on any atom is -0.476 e. The van der Waals surface area contributed by atoms with E-state index in [1.54, 1.807) is 20.8 Å². The molecule has 0 atom stereocenters. The molecule has 0 unspecified atom stereocenters. The topological polar surface area (TPSA) is 64.3 Å². The Morgan fingerprint density at radius 3 is 2.32 bits per heavy atom. The molecular weight excluding hydrogens is 387 g/mol. The normalized spacial score (nSPS) is 12.5. The van der Waals surface area contributed by atoms with Gasteiger partial charge in [0.1, 0.15) is 17.1 Å². The predicted octanol–water partition coefficient (Wildman–Crippen LogP) is 4.86. The van der Waals surface area contributed by atoms with E-state index in [4.69, 9.17) is 0 Å². The number of benzene rings is 1. The van der Waals surface area contributed by atoms with E-state index in [1.807, 2.05) is 0 Å². The van der Waals surface area contributed by atoms with Crippen molar-refractivity contribution in [2.75, 3.05) is 0 Å². The van der Waals surface area contributed by atoms with Gasteiger partial charge in [-0.05, 0) is 18.6 Å². The number of hydrogen-bond donors (Lipinski definition) is 1. The van der Waals surface area contributed by atoms with E-state index in [0.717, 1.165) is 12.1 Å². The maximum absolute atomic E-state index is 13.6. The van der Waals surface area contributed by atoms with Crippen molar-refractivity contribution in [1.82, 2.24) is 9.55 Å². The summed E-state index contributed by atoms with van der Waals surface area (Å²) < 4.78 is 71.3. The molecule has 0 spiro atoms. The van der Waals surface area contributed by atoms with Crippen LogP contribution < -0.4 is 4.74 Å². The number of hydrogen-bond acceptors (Lipinski definition) is 3. The number of aromatic carboxylic acids is 1. The zero-order chi connectivity index (χ0) is 21.4. The first kappa shape index (κ1) is 21.6. The number of halogens is 5. The molecule has 28 heavy (non-hydrogen) atoms. The molecule has 0 aliphatic rings. The molecule has 10 heteroatoms. The van der Waals surface area contributed by atoms with E-state index < -0.39 is 42.0 Å². The van der Waals surface area contributed by atoms with Crippen LogP contribution in [0.1, 0.15) is 53.9 Å². The molecule has 0 amide bonds. The highest BCUT2D eigenvalue weighted by molar-refractivity contribution is 5.86. The zero-order valence-corrected chi connectivity index (χ0v) is 15.6. The third-order valence-corrected chi connectivity index (χ3v) is 4.03. The van der Waals surface area contributed by atoms with E-state index in [0.29, 0.717) is 0 Å². The zero-order valence-electron chi connectivity index (χ0n) is 15.6. The molecule has 154 valence electrons. The maximum atomic E-state index is 13.6. The molecule has 2 aromatic rings. The molecule has 0 saturated carbocycles. The monoisotopic (exact) mass is 406 g/mol. The van der Waals surface area contributed by atoms with E-state index >= 15 is 0 Å². The van der Waals surface area contributed by atoms with E-state index in [1.165, 1.54) is 17.6 Å². The second kappa shape index (κ2) is 7.40. The molecule has 0 bridgehead atoms. The summed E-state index contributed by atoms with van der Waals surface area (Å²) in [4.78, 5) is 15.5. The third-order valence-electron chi connectivity index (χ3n) is 4.03. The highest BCUT2D eigenvalue weighted by Gasteiger charge is 2.38. The summed E-state index contributed by atoms with van der Waals surface area (Å²) in [5.74, 6) is -2.04. The van der Waals surface area contributed by atoms with Crippen LogP contribution in [0.4, 0.5) is 22.0 Å². The average Bonchev–Trinajstić information content (AvgIpc) is 2.83. The molecule has 1 aromatic heterocycles. The quantitative estimate of drug-likeness (QED) is 0.721.